The second-order valence-corrected chi connectivity index (χ2v) is 7.35. The highest BCUT2D eigenvalue weighted by atomic mass is 79.9. The van der Waals surface area contributed by atoms with Crippen molar-refractivity contribution >= 4 is 33.5 Å². The van der Waals surface area contributed by atoms with Crippen LogP contribution in [0.15, 0.2) is 71.2 Å². The summed E-state index contributed by atoms with van der Waals surface area (Å²) in [5, 5.41) is 11.1. The van der Waals surface area contributed by atoms with Crippen molar-refractivity contribution in [3.8, 4) is 11.5 Å². The van der Waals surface area contributed by atoms with Crippen LogP contribution in [0.5, 0.6) is 11.5 Å². The Hall–Kier alpha value is -3.52. The van der Waals surface area contributed by atoms with Gasteiger partial charge in [-0.15, -0.1) is 0 Å². The molecule has 0 saturated carbocycles. The molecule has 0 bridgehead atoms. The lowest BCUT2D eigenvalue weighted by molar-refractivity contribution is -0.386. The Labute approximate surface area is 186 Å². The third-order valence-electron chi connectivity index (χ3n) is 4.34. The van der Waals surface area contributed by atoms with E-state index in [2.05, 4.69) is 15.9 Å². The first-order chi connectivity index (χ1) is 14.9. The normalized spacial score (nSPS) is 10.8. The number of nitrogens with zero attached hydrogens (tertiary/aromatic N) is 1. The molecule has 0 aliphatic rings. The zero-order valence-electron chi connectivity index (χ0n) is 16.4. The molecule has 31 heavy (non-hydrogen) atoms. The van der Waals surface area contributed by atoms with Crippen LogP contribution in [-0.4, -0.2) is 17.8 Å². The number of carbonyl (C=O) groups is 1. The van der Waals surface area contributed by atoms with Crippen LogP contribution in [0.4, 0.5) is 10.1 Å². The van der Waals surface area contributed by atoms with Gasteiger partial charge in [0.05, 0.1) is 12.0 Å². The van der Waals surface area contributed by atoms with Gasteiger partial charge >= 0.3 is 5.69 Å². The Morgan fingerprint density at radius 2 is 1.94 bits per heavy atom. The first-order valence-corrected chi connectivity index (χ1v) is 9.88. The van der Waals surface area contributed by atoms with Gasteiger partial charge in [0.15, 0.2) is 11.5 Å². The maximum absolute atomic E-state index is 13.5. The minimum atomic E-state index is -0.643. The molecule has 0 atom stereocenters. The highest BCUT2D eigenvalue weighted by molar-refractivity contribution is 9.10. The average Bonchev–Trinajstić information content (AvgIpc) is 2.75. The Morgan fingerprint density at radius 1 is 1.13 bits per heavy atom. The molecule has 158 valence electrons. The number of hydrogen-bond donors (Lipinski definition) is 0. The van der Waals surface area contributed by atoms with Crippen molar-refractivity contribution in [3.05, 3.63) is 104 Å². The zero-order chi connectivity index (χ0) is 22.4. The molecule has 3 rings (SSSR count). The van der Waals surface area contributed by atoms with Crippen molar-refractivity contribution in [1.29, 1.82) is 0 Å². The van der Waals surface area contributed by atoms with Gasteiger partial charge in [0, 0.05) is 27.7 Å². The summed E-state index contributed by atoms with van der Waals surface area (Å²) >= 11 is 3.34. The molecule has 0 aliphatic carbocycles. The number of ether oxygens (including phenoxy) is 2. The van der Waals surface area contributed by atoms with E-state index in [1.807, 2.05) is 6.07 Å². The Morgan fingerprint density at radius 3 is 2.65 bits per heavy atom. The van der Waals surface area contributed by atoms with Crippen LogP contribution in [0, 0.1) is 15.9 Å². The third-order valence-corrected chi connectivity index (χ3v) is 4.84. The summed E-state index contributed by atoms with van der Waals surface area (Å²) in [6, 6.07) is 15.3. The standard InChI is InChI=1S/C23H17BrFNO5/c1-30-22-10-6-15(5-9-21(27)16-3-2-4-18(24)12-16)11-17(22)14-31-23-13-19(25)7-8-20(23)26(28)29/h2-13H,14H2,1H3/b9-5+. The van der Waals surface area contributed by atoms with E-state index in [0.29, 0.717) is 22.4 Å². The van der Waals surface area contributed by atoms with Gasteiger partial charge in [0.1, 0.15) is 18.2 Å². The molecule has 0 N–H and O–H groups in total. The molecule has 0 aromatic heterocycles. The predicted octanol–water partition coefficient (Wildman–Crippen LogP) is 5.98. The van der Waals surface area contributed by atoms with Gasteiger partial charge in [-0.2, -0.15) is 0 Å². The van der Waals surface area contributed by atoms with E-state index in [0.717, 1.165) is 22.7 Å². The lowest BCUT2D eigenvalue weighted by Gasteiger charge is -2.11. The van der Waals surface area contributed by atoms with Crippen molar-refractivity contribution in [3.63, 3.8) is 0 Å². The summed E-state index contributed by atoms with van der Waals surface area (Å²) < 4.78 is 25.2. The van der Waals surface area contributed by atoms with Crippen molar-refractivity contribution < 1.29 is 23.6 Å². The molecule has 0 unspecified atom stereocenters. The van der Waals surface area contributed by atoms with Gasteiger partial charge in [-0.25, -0.2) is 4.39 Å². The van der Waals surface area contributed by atoms with Crippen LogP contribution in [0.2, 0.25) is 0 Å². The van der Waals surface area contributed by atoms with Crippen molar-refractivity contribution in [2.75, 3.05) is 7.11 Å². The van der Waals surface area contributed by atoms with E-state index >= 15 is 0 Å². The first kappa shape index (κ1) is 22.2. The van der Waals surface area contributed by atoms with E-state index < -0.39 is 10.7 Å². The smallest absolute Gasteiger partial charge is 0.311 e. The number of carbonyl (C=O) groups excluding carboxylic acids is 1. The number of rotatable bonds is 8. The van der Waals surface area contributed by atoms with Gasteiger partial charge in [-0.3, -0.25) is 14.9 Å². The van der Waals surface area contributed by atoms with Gasteiger partial charge in [0.2, 0.25) is 0 Å². The number of allylic oxidation sites excluding steroid dienone is 1. The van der Waals surface area contributed by atoms with Crippen molar-refractivity contribution in [2.24, 2.45) is 0 Å². The van der Waals surface area contributed by atoms with Crippen LogP contribution in [-0.2, 0) is 6.61 Å². The summed E-state index contributed by atoms with van der Waals surface area (Å²) in [5.41, 5.74) is 1.49. The first-order valence-electron chi connectivity index (χ1n) is 9.09. The minimum Gasteiger partial charge on any atom is -0.496 e. The van der Waals surface area contributed by atoms with E-state index in [9.17, 15) is 19.3 Å². The van der Waals surface area contributed by atoms with E-state index in [-0.39, 0.29) is 23.8 Å². The lowest BCUT2D eigenvalue weighted by atomic mass is 10.1. The molecule has 0 amide bonds. The number of halogens is 2. The topological polar surface area (TPSA) is 78.7 Å². The molecule has 0 aliphatic heterocycles. The number of nitro groups is 1. The molecule has 0 spiro atoms. The highest BCUT2D eigenvalue weighted by Gasteiger charge is 2.17. The second kappa shape index (κ2) is 9.99. The molecule has 6 nitrogen and oxygen atoms in total. The maximum atomic E-state index is 13.5. The number of nitro benzene ring substituents is 1. The largest absolute Gasteiger partial charge is 0.496 e. The Bertz CT molecular complexity index is 1160. The van der Waals surface area contributed by atoms with E-state index in [4.69, 9.17) is 9.47 Å². The van der Waals surface area contributed by atoms with Crippen LogP contribution >= 0.6 is 15.9 Å². The number of benzene rings is 3. The monoisotopic (exact) mass is 485 g/mol. The van der Waals surface area contributed by atoms with Gasteiger partial charge < -0.3 is 9.47 Å². The number of hydrogen-bond acceptors (Lipinski definition) is 5. The highest BCUT2D eigenvalue weighted by Crippen LogP contribution is 2.30. The molecule has 0 radical (unpaired) electrons. The van der Waals surface area contributed by atoms with Gasteiger partial charge in [-0.05, 0) is 42.0 Å². The van der Waals surface area contributed by atoms with Crippen molar-refractivity contribution in [2.45, 2.75) is 6.61 Å². The zero-order valence-corrected chi connectivity index (χ0v) is 18.0. The summed E-state index contributed by atoms with van der Waals surface area (Å²) in [6.45, 7) is -0.0886. The molecular formula is C23H17BrFNO5. The molecule has 0 heterocycles. The summed E-state index contributed by atoms with van der Waals surface area (Å²) in [4.78, 5) is 22.9. The SMILES string of the molecule is COc1ccc(/C=C/C(=O)c2cccc(Br)c2)cc1COc1cc(F)ccc1[N+](=O)[O-]. The molecule has 3 aromatic rings. The summed E-state index contributed by atoms with van der Waals surface area (Å²) in [7, 11) is 1.48. The van der Waals surface area contributed by atoms with Crippen LogP contribution < -0.4 is 9.47 Å². The van der Waals surface area contributed by atoms with E-state index in [1.165, 1.54) is 13.2 Å². The maximum Gasteiger partial charge on any atom is 0.311 e. The fourth-order valence-corrected chi connectivity index (χ4v) is 3.23. The average molecular weight is 486 g/mol. The summed E-state index contributed by atoms with van der Waals surface area (Å²) in [5.74, 6) is -0.493. The quantitative estimate of drug-likeness (QED) is 0.169. The fourth-order valence-electron chi connectivity index (χ4n) is 2.83. The minimum absolute atomic E-state index is 0.0886. The third kappa shape index (κ3) is 5.76. The van der Waals surface area contributed by atoms with Crippen LogP contribution in [0.25, 0.3) is 6.08 Å². The van der Waals surface area contributed by atoms with Gasteiger partial charge in [0.25, 0.3) is 0 Å². The van der Waals surface area contributed by atoms with Gasteiger partial charge in [-0.1, -0.05) is 40.2 Å². The Balaban J connectivity index is 1.81. The van der Waals surface area contributed by atoms with Crippen molar-refractivity contribution in [1.82, 2.24) is 0 Å². The molecule has 3 aromatic carbocycles. The van der Waals surface area contributed by atoms with E-state index in [1.54, 1.807) is 42.5 Å². The fraction of sp³-hybridized carbons (Fsp3) is 0.0870. The summed E-state index contributed by atoms with van der Waals surface area (Å²) in [6.07, 6.45) is 3.10. The van der Waals surface area contributed by atoms with Crippen LogP contribution in [0.3, 0.4) is 0 Å². The lowest BCUT2D eigenvalue weighted by Crippen LogP contribution is -2.02. The number of methoxy groups -OCH3 is 1. The molecule has 0 saturated heterocycles. The molecule has 8 heteroatoms. The Kier molecular flexibility index (Phi) is 7.15. The van der Waals surface area contributed by atoms with Crippen LogP contribution in [0.1, 0.15) is 21.5 Å². The molecule has 0 fully saturated rings. The predicted molar refractivity (Wildman–Crippen MR) is 118 cm³/mol. The number of ketones is 1. The second-order valence-electron chi connectivity index (χ2n) is 6.44. The molecular weight excluding hydrogens is 469 g/mol.